The minimum Gasteiger partial charge on any atom is -0.480 e. The first-order valence-corrected chi connectivity index (χ1v) is 10.3. The van der Waals surface area contributed by atoms with E-state index in [1.165, 1.54) is 19.3 Å². The number of aliphatic carboxylic acids is 1. The van der Waals surface area contributed by atoms with Gasteiger partial charge >= 0.3 is 5.97 Å². The smallest absolute Gasteiger partial charge is 0.326 e. The summed E-state index contributed by atoms with van der Waals surface area (Å²) >= 11 is 11.9. The number of hydrogen-bond donors (Lipinski definition) is 3. The number of nitrogens with one attached hydrogen (secondary N) is 2. The van der Waals surface area contributed by atoms with Crippen molar-refractivity contribution in [3.05, 3.63) is 87.9 Å². The fourth-order valence-electron chi connectivity index (χ4n) is 3.44. The molecule has 1 fully saturated rings. The molecule has 30 heavy (non-hydrogen) atoms. The van der Waals surface area contributed by atoms with Crippen LogP contribution in [-0.4, -0.2) is 59.2 Å². The van der Waals surface area contributed by atoms with Crippen LogP contribution in [0.5, 0.6) is 0 Å². The Hall–Kier alpha value is -2.38. The second kappa shape index (κ2) is 10.1. The summed E-state index contributed by atoms with van der Waals surface area (Å²) in [5.41, 5.74) is -0.378. The zero-order valence-corrected chi connectivity index (χ0v) is 18.1. The number of rotatable bonds is 4. The number of halogens is 2. The van der Waals surface area contributed by atoms with Gasteiger partial charge in [-0.25, -0.2) is 4.98 Å². The molecule has 0 radical (unpaired) electrons. The summed E-state index contributed by atoms with van der Waals surface area (Å²) in [5, 5.41) is 14.5. The number of H-pyrrole nitrogens is 1. The van der Waals surface area contributed by atoms with Gasteiger partial charge in [-0.3, -0.25) is 4.79 Å². The Morgan fingerprint density at radius 2 is 1.50 bits per heavy atom. The average molecular weight is 447 g/mol. The van der Waals surface area contributed by atoms with Crippen LogP contribution in [0.25, 0.3) is 0 Å². The largest absolute Gasteiger partial charge is 0.480 e. The molecule has 158 valence electrons. The lowest BCUT2D eigenvalue weighted by Crippen LogP contribution is -2.40. The molecule has 0 unspecified atom stereocenters. The molecular weight excluding hydrogens is 423 g/mol. The molecule has 1 aliphatic rings. The fraction of sp³-hybridized carbons (Fsp3) is 0.273. The second-order valence-electron chi connectivity index (χ2n) is 7.06. The van der Waals surface area contributed by atoms with Crippen molar-refractivity contribution in [2.24, 2.45) is 0 Å². The summed E-state index contributed by atoms with van der Waals surface area (Å²) in [6, 6.07) is 13.4. The third-order valence-corrected chi connectivity index (χ3v) is 5.57. The van der Waals surface area contributed by atoms with Gasteiger partial charge < -0.3 is 20.3 Å². The van der Waals surface area contributed by atoms with Crippen LogP contribution < -0.4 is 5.32 Å². The summed E-state index contributed by atoms with van der Waals surface area (Å²) in [7, 11) is 2.15. The van der Waals surface area contributed by atoms with Gasteiger partial charge in [0.1, 0.15) is 5.82 Å². The lowest BCUT2D eigenvalue weighted by molar-refractivity contribution is -0.140. The number of imidazole rings is 1. The van der Waals surface area contributed by atoms with E-state index < -0.39 is 11.4 Å². The van der Waals surface area contributed by atoms with Gasteiger partial charge in [0.2, 0.25) is 0 Å². The molecule has 2 heterocycles. The van der Waals surface area contributed by atoms with E-state index >= 15 is 0 Å². The molecule has 0 atom stereocenters. The Morgan fingerprint density at radius 3 is 1.83 bits per heavy atom. The van der Waals surface area contributed by atoms with Crippen molar-refractivity contribution in [1.29, 1.82) is 0 Å². The molecule has 0 amide bonds. The number of aromatic nitrogens is 2. The highest BCUT2D eigenvalue weighted by molar-refractivity contribution is 6.30. The summed E-state index contributed by atoms with van der Waals surface area (Å²) in [5.74, 6) is -0.730. The number of benzene rings is 2. The number of piperazine rings is 1. The molecule has 2 aromatic carbocycles. The molecule has 0 bridgehead atoms. The van der Waals surface area contributed by atoms with E-state index in [1.54, 1.807) is 54.7 Å². The summed E-state index contributed by atoms with van der Waals surface area (Å²) < 4.78 is 0. The summed E-state index contributed by atoms with van der Waals surface area (Å²) in [6.45, 7) is 4.74. The quantitative estimate of drug-likeness (QED) is 0.569. The zero-order valence-electron chi connectivity index (χ0n) is 16.6. The molecule has 0 saturated carbocycles. The molecular formula is C22H24Cl2N4O2. The van der Waals surface area contributed by atoms with Gasteiger partial charge in [0.05, 0.1) is 0 Å². The van der Waals surface area contributed by atoms with E-state index in [9.17, 15) is 9.90 Å². The maximum absolute atomic E-state index is 12.4. The third-order valence-electron chi connectivity index (χ3n) is 5.07. The molecule has 8 heteroatoms. The number of likely N-dealkylation sites (N-methyl/N-ethyl adjacent to an activating group) is 1. The van der Waals surface area contributed by atoms with Crippen LogP contribution in [0.15, 0.2) is 60.9 Å². The Balaban J connectivity index is 0.000000310. The van der Waals surface area contributed by atoms with E-state index in [1.807, 2.05) is 0 Å². The van der Waals surface area contributed by atoms with Gasteiger partial charge in [0, 0.05) is 48.6 Å². The van der Waals surface area contributed by atoms with Crippen molar-refractivity contribution in [3.63, 3.8) is 0 Å². The van der Waals surface area contributed by atoms with E-state index in [-0.39, 0.29) is 0 Å². The summed E-state index contributed by atoms with van der Waals surface area (Å²) in [4.78, 5) is 21.8. The standard InChI is InChI=1S/C17H12Cl2N2O2.C5H12N2/c18-13-5-1-11(2-6-13)17(16(22)23,15-20-9-10-21-15)12-3-7-14(19)8-4-12;1-7-4-2-6-3-5-7/h1-10H,(H,20,21)(H,22,23);6H,2-5H2,1H3. The SMILES string of the molecule is CN1CCNCC1.O=C(O)C(c1ccc(Cl)cc1)(c1ccc(Cl)cc1)c1ncc[nH]1. The van der Waals surface area contributed by atoms with E-state index in [0.29, 0.717) is 27.0 Å². The molecule has 1 saturated heterocycles. The van der Waals surface area contributed by atoms with Gasteiger partial charge in [-0.1, -0.05) is 47.5 Å². The molecule has 3 aromatic rings. The lowest BCUT2D eigenvalue weighted by atomic mass is 9.73. The molecule has 0 spiro atoms. The second-order valence-corrected chi connectivity index (χ2v) is 7.93. The maximum Gasteiger partial charge on any atom is 0.326 e. The zero-order chi connectivity index (χ0) is 21.6. The van der Waals surface area contributed by atoms with Crippen LogP contribution in [0.2, 0.25) is 10.0 Å². The van der Waals surface area contributed by atoms with Crippen LogP contribution >= 0.6 is 23.2 Å². The predicted molar refractivity (Wildman–Crippen MR) is 119 cm³/mol. The monoisotopic (exact) mass is 446 g/mol. The fourth-order valence-corrected chi connectivity index (χ4v) is 3.69. The molecule has 0 aliphatic carbocycles. The minimum absolute atomic E-state index is 0.314. The van der Waals surface area contributed by atoms with Crippen molar-refractivity contribution < 1.29 is 9.90 Å². The topological polar surface area (TPSA) is 81.2 Å². The van der Waals surface area contributed by atoms with Crippen molar-refractivity contribution in [2.75, 3.05) is 33.2 Å². The van der Waals surface area contributed by atoms with Crippen molar-refractivity contribution >= 4 is 29.2 Å². The van der Waals surface area contributed by atoms with Crippen molar-refractivity contribution in [2.45, 2.75) is 5.41 Å². The number of carboxylic acid groups (broad SMARTS) is 1. The average Bonchev–Trinajstić information content (AvgIpc) is 3.27. The molecule has 6 nitrogen and oxygen atoms in total. The first-order valence-electron chi connectivity index (χ1n) is 9.59. The van der Waals surface area contributed by atoms with Crippen LogP contribution in [0.4, 0.5) is 0 Å². The predicted octanol–water partition coefficient (Wildman–Crippen LogP) is 3.66. The van der Waals surface area contributed by atoms with Crippen LogP contribution in [-0.2, 0) is 10.2 Å². The van der Waals surface area contributed by atoms with E-state index in [2.05, 4.69) is 27.2 Å². The number of aromatic amines is 1. The van der Waals surface area contributed by atoms with Crippen LogP contribution in [0.3, 0.4) is 0 Å². The highest BCUT2D eigenvalue weighted by Crippen LogP contribution is 2.38. The Morgan fingerprint density at radius 1 is 1.00 bits per heavy atom. The van der Waals surface area contributed by atoms with E-state index in [0.717, 1.165) is 13.1 Å². The normalized spacial score (nSPS) is 14.6. The van der Waals surface area contributed by atoms with Gasteiger partial charge in [0.25, 0.3) is 0 Å². The number of carbonyl (C=O) groups is 1. The number of nitrogens with zero attached hydrogens (tertiary/aromatic N) is 2. The Bertz CT molecular complexity index is 893. The van der Waals surface area contributed by atoms with Crippen LogP contribution in [0.1, 0.15) is 17.0 Å². The Kier molecular flexibility index (Phi) is 7.50. The molecule has 4 rings (SSSR count). The summed E-state index contributed by atoms with van der Waals surface area (Å²) in [6.07, 6.45) is 3.12. The maximum atomic E-state index is 12.4. The van der Waals surface area contributed by atoms with Gasteiger partial charge in [-0.2, -0.15) is 0 Å². The van der Waals surface area contributed by atoms with Gasteiger partial charge in [-0.15, -0.1) is 0 Å². The van der Waals surface area contributed by atoms with Crippen LogP contribution in [0, 0.1) is 0 Å². The first kappa shape index (κ1) is 22.3. The third kappa shape index (κ3) is 4.84. The highest BCUT2D eigenvalue weighted by Gasteiger charge is 2.46. The van der Waals surface area contributed by atoms with Gasteiger partial charge in [-0.05, 0) is 42.4 Å². The Labute approximate surface area is 185 Å². The minimum atomic E-state index is -1.47. The van der Waals surface area contributed by atoms with E-state index in [4.69, 9.17) is 23.2 Å². The number of hydrogen-bond acceptors (Lipinski definition) is 4. The van der Waals surface area contributed by atoms with Crippen molar-refractivity contribution in [1.82, 2.24) is 20.2 Å². The highest BCUT2D eigenvalue weighted by atomic mass is 35.5. The lowest BCUT2D eigenvalue weighted by Gasteiger charge is -2.29. The number of carboxylic acids is 1. The van der Waals surface area contributed by atoms with Gasteiger partial charge in [0.15, 0.2) is 5.41 Å². The first-order chi connectivity index (χ1) is 14.4. The molecule has 1 aromatic heterocycles. The van der Waals surface area contributed by atoms with Crippen molar-refractivity contribution in [3.8, 4) is 0 Å². The molecule has 3 N–H and O–H groups in total. The molecule has 1 aliphatic heterocycles.